The predicted molar refractivity (Wildman–Crippen MR) is 88.9 cm³/mol. The highest BCUT2D eigenvalue weighted by molar-refractivity contribution is 7.99. The molecular weight excluding hydrogens is 374 g/mol. The number of halogens is 2. The molecule has 0 atom stereocenters. The van der Waals surface area contributed by atoms with E-state index in [-0.39, 0.29) is 15.8 Å². The molecule has 7 nitrogen and oxygen atoms in total. The SMILES string of the molecule is Cc1cc(C(F)F)nc(SCC(=O)Nc2ccc(S(N)(=O)=O)cc2)n1. The number of nitrogens with two attached hydrogens (primary N) is 1. The van der Waals surface area contributed by atoms with E-state index < -0.39 is 28.0 Å². The largest absolute Gasteiger partial charge is 0.325 e. The molecule has 0 saturated carbocycles. The number of aromatic nitrogens is 2. The highest BCUT2D eigenvalue weighted by atomic mass is 32.2. The molecule has 134 valence electrons. The molecule has 0 radical (unpaired) electrons. The third kappa shape index (κ3) is 5.73. The third-order valence-corrected chi connectivity index (χ3v) is 4.65. The highest BCUT2D eigenvalue weighted by Gasteiger charge is 2.13. The molecule has 25 heavy (non-hydrogen) atoms. The highest BCUT2D eigenvalue weighted by Crippen LogP contribution is 2.21. The first-order chi connectivity index (χ1) is 11.6. The summed E-state index contributed by atoms with van der Waals surface area (Å²) in [5.41, 5.74) is 0.359. The molecule has 11 heteroatoms. The zero-order valence-corrected chi connectivity index (χ0v) is 14.6. The molecule has 0 aliphatic rings. The molecule has 1 aromatic carbocycles. The van der Waals surface area contributed by atoms with Gasteiger partial charge in [0, 0.05) is 11.4 Å². The van der Waals surface area contributed by atoms with Gasteiger partial charge >= 0.3 is 0 Å². The third-order valence-electron chi connectivity index (χ3n) is 2.88. The van der Waals surface area contributed by atoms with E-state index in [4.69, 9.17) is 5.14 Å². The maximum absolute atomic E-state index is 12.7. The number of carbonyl (C=O) groups excluding carboxylic acids is 1. The van der Waals surface area contributed by atoms with Crippen LogP contribution in [0.3, 0.4) is 0 Å². The van der Waals surface area contributed by atoms with Gasteiger partial charge in [0.2, 0.25) is 15.9 Å². The fourth-order valence-corrected chi connectivity index (χ4v) is 3.02. The molecule has 2 rings (SSSR count). The molecule has 0 fully saturated rings. The van der Waals surface area contributed by atoms with E-state index in [1.807, 2.05) is 0 Å². The molecule has 2 aromatic rings. The van der Waals surface area contributed by atoms with Crippen LogP contribution < -0.4 is 10.5 Å². The van der Waals surface area contributed by atoms with Crippen LogP contribution in [0.1, 0.15) is 17.8 Å². The summed E-state index contributed by atoms with van der Waals surface area (Å²) in [4.78, 5) is 19.5. The Hall–Kier alpha value is -2.11. The Labute approximate surface area is 147 Å². The van der Waals surface area contributed by atoms with Crippen molar-refractivity contribution in [3.05, 3.63) is 41.7 Å². The number of nitrogens with zero attached hydrogens (tertiary/aromatic N) is 2. The molecule has 0 saturated heterocycles. The number of anilines is 1. The van der Waals surface area contributed by atoms with Crippen LogP contribution in [0.4, 0.5) is 14.5 Å². The van der Waals surface area contributed by atoms with E-state index in [0.717, 1.165) is 11.8 Å². The van der Waals surface area contributed by atoms with Gasteiger partial charge in [0.1, 0.15) is 5.69 Å². The van der Waals surface area contributed by atoms with Crippen molar-refractivity contribution < 1.29 is 22.0 Å². The number of amides is 1. The molecule has 0 aliphatic carbocycles. The number of aryl methyl sites for hydroxylation is 1. The summed E-state index contributed by atoms with van der Waals surface area (Å²) < 4.78 is 47.7. The minimum absolute atomic E-state index is 0.0763. The van der Waals surface area contributed by atoms with Crippen LogP contribution in [0, 0.1) is 6.92 Å². The Balaban J connectivity index is 1.97. The number of carbonyl (C=O) groups is 1. The van der Waals surface area contributed by atoms with Gasteiger partial charge in [-0.05, 0) is 37.3 Å². The van der Waals surface area contributed by atoms with Crippen LogP contribution in [0.15, 0.2) is 40.4 Å². The van der Waals surface area contributed by atoms with Gasteiger partial charge in [0.05, 0.1) is 10.6 Å². The van der Waals surface area contributed by atoms with E-state index in [0.29, 0.717) is 11.4 Å². The van der Waals surface area contributed by atoms with Gasteiger partial charge in [0.15, 0.2) is 5.16 Å². The Morgan fingerprint density at radius 1 is 1.28 bits per heavy atom. The van der Waals surface area contributed by atoms with Crippen LogP contribution >= 0.6 is 11.8 Å². The Morgan fingerprint density at radius 2 is 1.92 bits per heavy atom. The van der Waals surface area contributed by atoms with E-state index >= 15 is 0 Å². The van der Waals surface area contributed by atoms with Gasteiger partial charge in [0.25, 0.3) is 6.43 Å². The molecule has 0 aliphatic heterocycles. The van der Waals surface area contributed by atoms with E-state index in [1.165, 1.54) is 30.3 Å². The normalized spacial score (nSPS) is 11.6. The van der Waals surface area contributed by atoms with E-state index in [2.05, 4.69) is 15.3 Å². The van der Waals surface area contributed by atoms with Crippen LogP contribution in [0.2, 0.25) is 0 Å². The fraction of sp³-hybridized carbons (Fsp3) is 0.214. The summed E-state index contributed by atoms with van der Waals surface area (Å²) >= 11 is 0.917. The van der Waals surface area contributed by atoms with Crippen molar-refractivity contribution in [1.82, 2.24) is 9.97 Å². The number of rotatable bonds is 6. The van der Waals surface area contributed by atoms with Crippen molar-refractivity contribution in [3.63, 3.8) is 0 Å². The molecule has 1 heterocycles. The van der Waals surface area contributed by atoms with Crippen LogP contribution in [0.5, 0.6) is 0 Å². The number of thioether (sulfide) groups is 1. The van der Waals surface area contributed by atoms with E-state index in [1.54, 1.807) is 6.92 Å². The molecule has 3 N–H and O–H groups in total. The van der Waals surface area contributed by atoms with Crippen molar-refractivity contribution in [2.45, 2.75) is 23.4 Å². The topological polar surface area (TPSA) is 115 Å². The molecule has 0 bridgehead atoms. The lowest BCUT2D eigenvalue weighted by Crippen LogP contribution is -2.15. The zero-order valence-electron chi connectivity index (χ0n) is 12.9. The molecule has 0 unspecified atom stereocenters. The summed E-state index contributed by atoms with van der Waals surface area (Å²) in [5, 5.41) is 7.60. The second-order valence-corrected chi connectivity index (χ2v) is 7.43. The second-order valence-electron chi connectivity index (χ2n) is 4.92. The monoisotopic (exact) mass is 388 g/mol. The van der Waals surface area contributed by atoms with Gasteiger partial charge in [-0.15, -0.1) is 0 Å². The Morgan fingerprint density at radius 3 is 2.48 bits per heavy atom. The average Bonchev–Trinajstić information content (AvgIpc) is 2.52. The minimum Gasteiger partial charge on any atom is -0.325 e. The van der Waals surface area contributed by atoms with Crippen LogP contribution in [-0.4, -0.2) is 30.0 Å². The molecular formula is C14H14F2N4O3S2. The van der Waals surface area contributed by atoms with Crippen LogP contribution in [0.25, 0.3) is 0 Å². The lowest BCUT2D eigenvalue weighted by atomic mass is 10.3. The lowest BCUT2D eigenvalue weighted by molar-refractivity contribution is -0.113. The standard InChI is InChI=1S/C14H14F2N4O3S2/c1-8-6-11(13(15)16)20-14(18-8)24-7-12(21)19-9-2-4-10(5-3-9)25(17,22)23/h2-6,13H,7H2,1H3,(H,19,21)(H2,17,22,23). The number of sulfonamides is 1. The van der Waals surface area contributed by atoms with Crippen molar-refractivity contribution in [2.75, 3.05) is 11.1 Å². The lowest BCUT2D eigenvalue weighted by Gasteiger charge is -2.07. The van der Waals surface area contributed by atoms with Crippen molar-refractivity contribution in [1.29, 1.82) is 0 Å². The first-order valence-corrected chi connectivity index (χ1v) is 9.37. The van der Waals surface area contributed by atoms with Crippen molar-refractivity contribution in [2.24, 2.45) is 5.14 Å². The number of hydrogen-bond donors (Lipinski definition) is 2. The second kappa shape index (κ2) is 7.85. The van der Waals surface area contributed by atoms with Gasteiger partial charge in [-0.3, -0.25) is 4.79 Å². The smallest absolute Gasteiger partial charge is 0.280 e. The molecule has 0 spiro atoms. The van der Waals surface area contributed by atoms with Crippen LogP contribution in [-0.2, 0) is 14.8 Å². The number of nitrogens with one attached hydrogen (secondary N) is 1. The number of hydrogen-bond acceptors (Lipinski definition) is 6. The summed E-state index contributed by atoms with van der Waals surface area (Å²) in [7, 11) is -3.80. The molecule has 1 aromatic heterocycles. The Bertz CT molecular complexity index is 874. The molecule has 1 amide bonds. The minimum atomic E-state index is -3.80. The quantitative estimate of drug-likeness (QED) is 0.578. The van der Waals surface area contributed by atoms with Gasteiger partial charge < -0.3 is 5.32 Å². The van der Waals surface area contributed by atoms with Gasteiger partial charge in [-0.1, -0.05) is 11.8 Å². The number of primary sulfonamides is 1. The first kappa shape index (κ1) is 19.2. The maximum Gasteiger partial charge on any atom is 0.280 e. The summed E-state index contributed by atoms with van der Waals surface area (Å²) in [5.74, 6) is -0.514. The van der Waals surface area contributed by atoms with Crippen molar-refractivity contribution in [3.8, 4) is 0 Å². The van der Waals surface area contributed by atoms with E-state index in [9.17, 15) is 22.0 Å². The zero-order chi connectivity index (χ0) is 18.6. The maximum atomic E-state index is 12.7. The number of alkyl halides is 2. The van der Waals surface area contributed by atoms with Crippen molar-refractivity contribution >= 4 is 33.4 Å². The summed E-state index contributed by atoms with van der Waals surface area (Å²) in [6, 6.07) is 6.48. The Kier molecular flexibility index (Phi) is 6.03. The predicted octanol–water partition coefficient (Wildman–Crippen LogP) is 2.10. The van der Waals surface area contributed by atoms with Gasteiger partial charge in [-0.2, -0.15) is 0 Å². The average molecular weight is 388 g/mol. The van der Waals surface area contributed by atoms with Gasteiger partial charge in [-0.25, -0.2) is 32.3 Å². The summed E-state index contributed by atoms with van der Waals surface area (Å²) in [6.07, 6.45) is -2.72. The summed E-state index contributed by atoms with van der Waals surface area (Å²) in [6.45, 7) is 1.56. The fourth-order valence-electron chi connectivity index (χ4n) is 1.80. The first-order valence-electron chi connectivity index (χ1n) is 6.84. The number of benzene rings is 1.